The second kappa shape index (κ2) is 13.0. The van der Waals surface area contributed by atoms with E-state index in [1.54, 1.807) is 24.0 Å². The third kappa shape index (κ3) is 7.75. The molecule has 2 aromatic rings. The highest BCUT2D eigenvalue weighted by molar-refractivity contribution is 7.99. The molecule has 2 amide bonds. The molecule has 178 valence electrons. The summed E-state index contributed by atoms with van der Waals surface area (Å²) in [5.41, 5.74) is 1.51. The number of amides is 2. The Labute approximate surface area is 205 Å². The van der Waals surface area contributed by atoms with E-state index in [0.717, 1.165) is 31.2 Å². The van der Waals surface area contributed by atoms with Crippen LogP contribution in [-0.4, -0.2) is 41.1 Å². The van der Waals surface area contributed by atoms with Gasteiger partial charge in [0.1, 0.15) is 11.9 Å². The average Bonchev–Trinajstić information content (AvgIpc) is 2.82. The fourth-order valence-electron chi connectivity index (χ4n) is 4.13. The molecule has 0 saturated heterocycles. The summed E-state index contributed by atoms with van der Waals surface area (Å²) >= 11 is 7.42. The molecule has 1 aliphatic rings. The number of rotatable bonds is 10. The number of halogens is 2. The molecule has 1 aliphatic carbocycles. The number of thioether (sulfide) groups is 1. The molecule has 0 radical (unpaired) electrons. The van der Waals surface area contributed by atoms with Gasteiger partial charge in [0.05, 0.1) is 5.75 Å². The van der Waals surface area contributed by atoms with E-state index in [9.17, 15) is 14.0 Å². The Kier molecular flexibility index (Phi) is 10.1. The van der Waals surface area contributed by atoms with E-state index in [4.69, 9.17) is 11.6 Å². The van der Waals surface area contributed by atoms with Crippen LogP contribution in [0.4, 0.5) is 4.39 Å². The van der Waals surface area contributed by atoms with Crippen LogP contribution < -0.4 is 5.32 Å². The lowest BCUT2D eigenvalue weighted by atomic mass is 9.95. The Balaban J connectivity index is 1.62. The molecule has 0 spiro atoms. The number of carbonyl (C=O) groups is 2. The molecule has 1 fully saturated rings. The minimum absolute atomic E-state index is 0.106. The quantitative estimate of drug-likeness (QED) is 0.470. The lowest BCUT2D eigenvalue weighted by Gasteiger charge is -2.31. The third-order valence-electron chi connectivity index (χ3n) is 6.14. The largest absolute Gasteiger partial charge is 0.352 e. The Morgan fingerprint density at radius 1 is 1.12 bits per heavy atom. The normalized spacial score (nSPS) is 15.1. The van der Waals surface area contributed by atoms with Crippen molar-refractivity contribution in [1.82, 2.24) is 10.2 Å². The number of nitrogens with zero attached hydrogens (tertiary/aromatic N) is 1. The maximum atomic E-state index is 14.1. The first-order chi connectivity index (χ1) is 16.0. The maximum Gasteiger partial charge on any atom is 0.242 e. The van der Waals surface area contributed by atoms with E-state index < -0.39 is 6.04 Å². The van der Waals surface area contributed by atoms with Crippen LogP contribution in [0.2, 0.25) is 5.02 Å². The number of carbonyl (C=O) groups excluding carboxylic acids is 2. The summed E-state index contributed by atoms with van der Waals surface area (Å²) in [6.07, 6.45) is 6.13. The van der Waals surface area contributed by atoms with Crippen molar-refractivity contribution in [1.29, 1.82) is 0 Å². The summed E-state index contributed by atoms with van der Waals surface area (Å²) in [7, 11) is 0. The van der Waals surface area contributed by atoms with Gasteiger partial charge < -0.3 is 10.2 Å². The number of nitrogens with one attached hydrogen (secondary N) is 1. The minimum Gasteiger partial charge on any atom is -0.352 e. The highest BCUT2D eigenvalue weighted by Gasteiger charge is 2.27. The standard InChI is InChI=1S/C26H32ClFN2O2S/c1-19(26(32)29-21-11-6-3-7-12-21)30(16-15-20-9-4-2-5-10-20)25(31)18-33-17-22-23(27)13-8-14-24(22)28/h2,4-5,8-10,13-14,19,21H,3,6-7,11-12,15-18H2,1H3,(H,29,32)/t19-/m1/s1. The Morgan fingerprint density at radius 2 is 1.85 bits per heavy atom. The van der Waals surface area contributed by atoms with Crippen molar-refractivity contribution < 1.29 is 14.0 Å². The van der Waals surface area contributed by atoms with Gasteiger partial charge in [-0.15, -0.1) is 11.8 Å². The Bertz CT molecular complexity index is 902. The summed E-state index contributed by atoms with van der Waals surface area (Å²) in [5, 5.41) is 3.50. The molecule has 3 rings (SSSR count). The second-order valence-electron chi connectivity index (χ2n) is 8.54. The van der Waals surface area contributed by atoms with Crippen molar-refractivity contribution in [2.24, 2.45) is 0 Å². The molecular weight excluding hydrogens is 459 g/mol. The van der Waals surface area contributed by atoms with Gasteiger partial charge in [-0.05, 0) is 43.9 Å². The van der Waals surface area contributed by atoms with Gasteiger partial charge in [0.25, 0.3) is 0 Å². The minimum atomic E-state index is -0.569. The van der Waals surface area contributed by atoms with Gasteiger partial charge in [-0.25, -0.2) is 4.39 Å². The van der Waals surface area contributed by atoms with Crippen molar-refractivity contribution in [2.45, 2.75) is 63.3 Å². The van der Waals surface area contributed by atoms with E-state index in [2.05, 4.69) is 5.32 Å². The van der Waals surface area contributed by atoms with Crippen LogP contribution in [0.15, 0.2) is 48.5 Å². The van der Waals surface area contributed by atoms with Gasteiger partial charge in [0.2, 0.25) is 11.8 Å². The molecule has 0 bridgehead atoms. The van der Waals surface area contributed by atoms with E-state index in [0.29, 0.717) is 29.3 Å². The summed E-state index contributed by atoms with van der Waals surface area (Å²) in [6.45, 7) is 2.24. The van der Waals surface area contributed by atoms with E-state index in [1.165, 1.54) is 24.2 Å². The van der Waals surface area contributed by atoms with Crippen LogP contribution in [0.3, 0.4) is 0 Å². The van der Waals surface area contributed by atoms with Gasteiger partial charge in [-0.3, -0.25) is 9.59 Å². The number of benzene rings is 2. The van der Waals surface area contributed by atoms with Gasteiger partial charge >= 0.3 is 0 Å². The average molecular weight is 491 g/mol. The van der Waals surface area contributed by atoms with Crippen LogP contribution in [-0.2, 0) is 21.8 Å². The molecule has 0 aliphatic heterocycles. The van der Waals surface area contributed by atoms with Crippen molar-refractivity contribution in [3.63, 3.8) is 0 Å². The maximum absolute atomic E-state index is 14.1. The van der Waals surface area contributed by atoms with Gasteiger partial charge in [0.15, 0.2) is 0 Å². The number of hydrogen-bond donors (Lipinski definition) is 1. The van der Waals surface area contributed by atoms with Crippen LogP contribution in [0.1, 0.15) is 50.2 Å². The fourth-order valence-corrected chi connectivity index (χ4v) is 5.38. The third-order valence-corrected chi connectivity index (χ3v) is 7.43. The second-order valence-corrected chi connectivity index (χ2v) is 9.93. The zero-order chi connectivity index (χ0) is 23.6. The topological polar surface area (TPSA) is 49.4 Å². The van der Waals surface area contributed by atoms with Crippen molar-refractivity contribution in [3.8, 4) is 0 Å². The first-order valence-electron chi connectivity index (χ1n) is 11.6. The molecule has 0 heterocycles. The molecule has 2 aromatic carbocycles. The molecule has 0 unspecified atom stereocenters. The molecule has 1 saturated carbocycles. The molecular formula is C26H32ClFN2O2S. The zero-order valence-electron chi connectivity index (χ0n) is 19.1. The van der Waals surface area contributed by atoms with Crippen molar-refractivity contribution in [2.75, 3.05) is 12.3 Å². The molecule has 4 nitrogen and oxygen atoms in total. The summed E-state index contributed by atoms with van der Waals surface area (Å²) in [5.74, 6) is -0.156. The molecule has 33 heavy (non-hydrogen) atoms. The van der Waals surface area contributed by atoms with Crippen LogP contribution in [0, 0.1) is 5.82 Å². The lowest BCUT2D eigenvalue weighted by Crippen LogP contribution is -2.51. The predicted molar refractivity (Wildman–Crippen MR) is 134 cm³/mol. The first kappa shape index (κ1) is 25.6. The summed E-state index contributed by atoms with van der Waals surface area (Å²) in [4.78, 5) is 27.8. The van der Waals surface area contributed by atoms with Crippen LogP contribution in [0.25, 0.3) is 0 Å². The van der Waals surface area contributed by atoms with E-state index in [-0.39, 0.29) is 29.4 Å². The Hall–Kier alpha value is -2.05. The van der Waals surface area contributed by atoms with Gasteiger partial charge in [0, 0.05) is 28.9 Å². The molecule has 7 heteroatoms. The monoisotopic (exact) mass is 490 g/mol. The molecule has 1 atom stereocenters. The van der Waals surface area contributed by atoms with Crippen LogP contribution in [0.5, 0.6) is 0 Å². The summed E-state index contributed by atoms with van der Waals surface area (Å²) in [6, 6.07) is 14.1. The molecule has 0 aromatic heterocycles. The number of hydrogen-bond acceptors (Lipinski definition) is 3. The van der Waals surface area contributed by atoms with Crippen LogP contribution >= 0.6 is 23.4 Å². The lowest BCUT2D eigenvalue weighted by molar-refractivity contribution is -0.138. The highest BCUT2D eigenvalue weighted by atomic mass is 35.5. The van der Waals surface area contributed by atoms with Gasteiger partial charge in [-0.2, -0.15) is 0 Å². The predicted octanol–water partition coefficient (Wildman–Crippen LogP) is 5.62. The van der Waals surface area contributed by atoms with Crippen molar-refractivity contribution in [3.05, 3.63) is 70.5 Å². The van der Waals surface area contributed by atoms with E-state index in [1.807, 2.05) is 30.3 Å². The summed E-state index contributed by atoms with van der Waals surface area (Å²) < 4.78 is 14.1. The Morgan fingerprint density at radius 3 is 2.55 bits per heavy atom. The highest BCUT2D eigenvalue weighted by Crippen LogP contribution is 2.24. The first-order valence-corrected chi connectivity index (χ1v) is 13.1. The van der Waals surface area contributed by atoms with Gasteiger partial charge in [-0.1, -0.05) is 67.3 Å². The van der Waals surface area contributed by atoms with Crippen molar-refractivity contribution >= 4 is 35.2 Å². The smallest absolute Gasteiger partial charge is 0.242 e. The molecule has 1 N–H and O–H groups in total. The fraction of sp³-hybridized carbons (Fsp3) is 0.462. The zero-order valence-corrected chi connectivity index (χ0v) is 20.6. The SMILES string of the molecule is C[C@H](C(=O)NC1CCCCC1)N(CCc1ccccc1)C(=O)CSCc1c(F)cccc1Cl. The van der Waals surface area contributed by atoms with E-state index >= 15 is 0 Å².